The van der Waals surface area contributed by atoms with E-state index in [4.69, 9.17) is 10.7 Å². The van der Waals surface area contributed by atoms with Crippen LogP contribution in [-0.4, -0.2) is 58.3 Å². The zero-order valence-corrected chi connectivity index (χ0v) is 16.5. The Morgan fingerprint density at radius 2 is 2.00 bits per heavy atom. The van der Waals surface area contributed by atoms with Crippen LogP contribution in [0, 0.1) is 6.92 Å². The molecule has 2 N–H and O–H groups in total. The number of amides is 1. The Morgan fingerprint density at radius 3 is 2.68 bits per heavy atom. The van der Waals surface area contributed by atoms with Gasteiger partial charge in [-0.15, -0.1) is 0 Å². The summed E-state index contributed by atoms with van der Waals surface area (Å²) in [6.45, 7) is 7.29. The summed E-state index contributed by atoms with van der Waals surface area (Å²) in [6, 6.07) is 5.35. The maximum absolute atomic E-state index is 13.2. The van der Waals surface area contributed by atoms with Gasteiger partial charge in [0.25, 0.3) is 17.1 Å². The number of nitrogens with two attached hydrogens (primary N) is 1. The minimum Gasteiger partial charge on any atom is -0.336 e. The van der Waals surface area contributed by atoms with Crippen molar-refractivity contribution in [1.82, 2.24) is 19.2 Å². The summed E-state index contributed by atoms with van der Waals surface area (Å²) >= 11 is 0. The second-order valence-electron chi connectivity index (χ2n) is 7.32. The summed E-state index contributed by atoms with van der Waals surface area (Å²) in [5.74, 6) is 0.215. The van der Waals surface area contributed by atoms with E-state index in [0.717, 1.165) is 18.7 Å². The van der Waals surface area contributed by atoms with Crippen LogP contribution in [0.4, 0.5) is 5.82 Å². The van der Waals surface area contributed by atoms with E-state index in [1.807, 2.05) is 33.0 Å². The summed E-state index contributed by atoms with van der Waals surface area (Å²) in [7, 11) is 2.04. The van der Waals surface area contributed by atoms with Crippen molar-refractivity contribution < 1.29 is 9.36 Å². The second kappa shape index (κ2) is 6.87. The quantitative estimate of drug-likeness (QED) is 0.514. The van der Waals surface area contributed by atoms with Gasteiger partial charge in [-0.25, -0.2) is 4.57 Å². The molecular weight excluding hydrogens is 356 g/mol. The van der Waals surface area contributed by atoms with Gasteiger partial charge in [-0.2, -0.15) is 0 Å². The number of nitrogen functional groups attached to an aromatic ring is 1. The van der Waals surface area contributed by atoms with Gasteiger partial charge in [0, 0.05) is 37.9 Å². The molecule has 28 heavy (non-hydrogen) atoms. The zero-order valence-electron chi connectivity index (χ0n) is 16.5. The van der Waals surface area contributed by atoms with Crippen molar-refractivity contribution in [1.29, 1.82) is 0 Å². The van der Waals surface area contributed by atoms with Crippen molar-refractivity contribution in [3.05, 3.63) is 45.9 Å². The highest BCUT2D eigenvalue weighted by Gasteiger charge is 2.28. The molecule has 0 atom stereocenters. The number of aryl methyl sites for hydroxylation is 2. The molecule has 1 saturated heterocycles. The number of fused-ring (bicyclic) bond motifs is 2. The minimum absolute atomic E-state index is 0.136. The van der Waals surface area contributed by atoms with Gasteiger partial charge in [0.05, 0.1) is 6.54 Å². The van der Waals surface area contributed by atoms with Crippen molar-refractivity contribution in [2.75, 3.05) is 39.0 Å². The molecule has 3 aromatic rings. The van der Waals surface area contributed by atoms with Crippen LogP contribution < -0.4 is 15.9 Å². The molecule has 146 valence electrons. The lowest BCUT2D eigenvalue weighted by molar-refractivity contribution is -0.655. The molecule has 0 spiro atoms. The van der Waals surface area contributed by atoms with Crippen LogP contribution in [0.5, 0.6) is 0 Å². The molecule has 4 rings (SSSR count). The van der Waals surface area contributed by atoms with Gasteiger partial charge in [-0.3, -0.25) is 14.0 Å². The van der Waals surface area contributed by atoms with Gasteiger partial charge < -0.3 is 15.5 Å². The Kier molecular flexibility index (Phi) is 4.50. The zero-order chi connectivity index (χ0) is 20.0. The largest absolute Gasteiger partial charge is 0.336 e. The molecule has 1 aliphatic rings. The molecule has 0 saturated carbocycles. The first kappa shape index (κ1) is 18.4. The highest BCUT2D eigenvalue weighted by molar-refractivity contribution is 6.00. The van der Waals surface area contributed by atoms with Gasteiger partial charge in [0.15, 0.2) is 0 Å². The maximum atomic E-state index is 13.2. The van der Waals surface area contributed by atoms with Crippen molar-refractivity contribution in [3.63, 3.8) is 0 Å². The number of nitrogens with zero attached hydrogens (tertiary/aromatic N) is 5. The smallest absolute Gasteiger partial charge is 0.278 e. The standard InChI is InChI=1S/C20H24N6O2/c1-4-25-16(21)14(19(27)24-10-8-23(3)9-11-24)12-15-18(25)22-17-13(2)6-5-7-26(17)20(15)28/h5-7,12,21H,4,8-11H2,1-3H3/p+1. The first-order valence-electron chi connectivity index (χ1n) is 9.54. The number of piperazine rings is 1. The minimum atomic E-state index is -0.196. The normalized spacial score (nSPS) is 15.5. The highest BCUT2D eigenvalue weighted by Crippen LogP contribution is 2.18. The monoisotopic (exact) mass is 381 g/mol. The fraction of sp³-hybridized carbons (Fsp3) is 0.400. The lowest BCUT2D eigenvalue weighted by Crippen LogP contribution is -2.48. The number of aromatic nitrogens is 3. The van der Waals surface area contributed by atoms with Crippen LogP contribution in [-0.2, 0) is 6.54 Å². The third-order valence-electron chi connectivity index (χ3n) is 5.51. The van der Waals surface area contributed by atoms with Crippen LogP contribution in [0.3, 0.4) is 0 Å². The number of rotatable bonds is 2. The van der Waals surface area contributed by atoms with Crippen molar-refractivity contribution in [2.24, 2.45) is 0 Å². The number of carbonyl (C=O) groups is 1. The average Bonchev–Trinajstić information content (AvgIpc) is 2.69. The van der Waals surface area contributed by atoms with Gasteiger partial charge >= 0.3 is 0 Å². The molecule has 1 amide bonds. The average molecular weight is 381 g/mol. The van der Waals surface area contributed by atoms with E-state index >= 15 is 0 Å². The van der Waals surface area contributed by atoms with Crippen LogP contribution in [0.2, 0.25) is 0 Å². The summed E-state index contributed by atoms with van der Waals surface area (Å²) < 4.78 is 3.28. The van der Waals surface area contributed by atoms with E-state index in [9.17, 15) is 9.59 Å². The van der Waals surface area contributed by atoms with Gasteiger partial charge in [0.2, 0.25) is 11.5 Å². The van der Waals surface area contributed by atoms with E-state index in [1.54, 1.807) is 21.7 Å². The molecule has 0 unspecified atom stereocenters. The molecule has 0 bridgehead atoms. The van der Waals surface area contributed by atoms with Crippen LogP contribution in [0.15, 0.2) is 29.2 Å². The number of hydrogen-bond acceptors (Lipinski definition) is 5. The lowest BCUT2D eigenvalue weighted by atomic mass is 10.1. The molecule has 1 aliphatic heterocycles. The summed E-state index contributed by atoms with van der Waals surface area (Å²) in [6.07, 6.45) is 1.70. The highest BCUT2D eigenvalue weighted by atomic mass is 16.2. The fourth-order valence-electron chi connectivity index (χ4n) is 3.78. The third-order valence-corrected chi connectivity index (χ3v) is 5.51. The Morgan fingerprint density at radius 1 is 1.29 bits per heavy atom. The number of pyridine rings is 2. The molecule has 0 aliphatic carbocycles. The van der Waals surface area contributed by atoms with E-state index in [-0.39, 0.29) is 11.5 Å². The topological polar surface area (TPSA) is 87.8 Å². The number of anilines is 1. The Labute approximate surface area is 162 Å². The van der Waals surface area contributed by atoms with E-state index < -0.39 is 0 Å². The molecular formula is C20H25N6O2+. The molecule has 0 aromatic carbocycles. The number of hydrogen-bond donors (Lipinski definition) is 1. The summed E-state index contributed by atoms with van der Waals surface area (Å²) in [5.41, 5.74) is 8.56. The fourth-order valence-corrected chi connectivity index (χ4v) is 3.78. The Hall–Kier alpha value is -3.00. The van der Waals surface area contributed by atoms with Crippen LogP contribution in [0.25, 0.3) is 16.7 Å². The van der Waals surface area contributed by atoms with Crippen LogP contribution in [0.1, 0.15) is 22.8 Å². The molecule has 8 heteroatoms. The van der Waals surface area contributed by atoms with Crippen molar-refractivity contribution in [3.8, 4) is 0 Å². The lowest BCUT2D eigenvalue weighted by Gasteiger charge is -2.32. The SMILES string of the molecule is CC[n+]1c(N)c(C(=O)N2CCN(C)CC2)cc2c(=O)n3cccc(C)c3nc21. The van der Waals surface area contributed by atoms with E-state index in [2.05, 4.69) is 4.90 Å². The third kappa shape index (κ3) is 2.80. The predicted octanol–water partition coefficient (Wildman–Crippen LogP) is 0.433. The van der Waals surface area contributed by atoms with E-state index in [1.165, 1.54) is 4.40 Å². The molecule has 0 radical (unpaired) electrons. The van der Waals surface area contributed by atoms with Gasteiger partial charge in [-0.05, 0) is 33.0 Å². The van der Waals surface area contributed by atoms with Crippen molar-refractivity contribution >= 4 is 28.4 Å². The molecule has 1 fully saturated rings. The maximum Gasteiger partial charge on any atom is 0.278 e. The molecule has 8 nitrogen and oxygen atoms in total. The Balaban J connectivity index is 1.95. The summed E-state index contributed by atoms with van der Waals surface area (Å²) in [4.78, 5) is 35.0. The van der Waals surface area contributed by atoms with Gasteiger partial charge in [0.1, 0.15) is 10.9 Å². The number of likely N-dealkylation sites (N-methyl/N-ethyl adjacent to an activating group) is 1. The number of carbonyl (C=O) groups excluding carboxylic acids is 1. The first-order chi connectivity index (χ1) is 13.4. The van der Waals surface area contributed by atoms with Crippen LogP contribution >= 0.6 is 0 Å². The molecule has 3 aromatic heterocycles. The van der Waals surface area contributed by atoms with Crippen molar-refractivity contribution in [2.45, 2.75) is 20.4 Å². The molecule has 4 heterocycles. The first-order valence-corrected chi connectivity index (χ1v) is 9.54. The Bertz CT molecular complexity index is 1150. The van der Waals surface area contributed by atoms with Gasteiger partial charge in [-0.1, -0.05) is 11.1 Å². The summed E-state index contributed by atoms with van der Waals surface area (Å²) in [5, 5.41) is 0.400. The second-order valence-corrected chi connectivity index (χ2v) is 7.32. The predicted molar refractivity (Wildman–Crippen MR) is 107 cm³/mol. The van der Waals surface area contributed by atoms with E-state index in [0.29, 0.717) is 47.7 Å².